The molecule has 4 rings (SSSR count). The standard InChI is InChI=1S/C11H15F3NO5S2/c12-11(13,14)21(16,17)15-22(18,19)20-10-4-7-1-8(5-10)3-9(2-7)6-10/h7-9H,1-6H2/q-1. The summed E-state index contributed by atoms with van der Waals surface area (Å²) in [5, 5.41) is 0. The summed E-state index contributed by atoms with van der Waals surface area (Å²) in [5.74, 6) is 0.877. The van der Waals surface area contributed by atoms with E-state index in [1.54, 1.807) is 0 Å². The Balaban J connectivity index is 1.78. The van der Waals surface area contributed by atoms with Crippen molar-refractivity contribution in [1.82, 2.24) is 0 Å². The van der Waals surface area contributed by atoms with Crippen molar-refractivity contribution in [2.45, 2.75) is 49.6 Å². The molecule has 0 heterocycles. The van der Waals surface area contributed by atoms with Gasteiger partial charge in [-0.3, -0.25) is 4.18 Å². The molecule has 6 nitrogen and oxygen atoms in total. The SMILES string of the molecule is O=S(=O)([N-]S(=O)(=O)C(F)(F)F)OC12CC3CC(CC(C3)C1)C2. The second-order valence-corrected chi connectivity index (χ2v) is 9.64. The highest BCUT2D eigenvalue weighted by Crippen LogP contribution is 2.57. The van der Waals surface area contributed by atoms with Crippen molar-refractivity contribution in [3.63, 3.8) is 0 Å². The highest BCUT2D eigenvalue weighted by molar-refractivity contribution is 8.10. The largest absolute Gasteiger partial charge is 0.480 e. The van der Waals surface area contributed by atoms with Crippen molar-refractivity contribution in [3.05, 3.63) is 4.13 Å². The van der Waals surface area contributed by atoms with Gasteiger partial charge in [0, 0.05) is 0 Å². The molecule has 0 unspecified atom stereocenters. The van der Waals surface area contributed by atoms with Crippen molar-refractivity contribution in [2.75, 3.05) is 0 Å². The van der Waals surface area contributed by atoms with Crippen LogP contribution in [0.4, 0.5) is 13.2 Å². The molecular formula is C11H15F3NO5S2-. The van der Waals surface area contributed by atoms with Gasteiger partial charge in [-0.2, -0.15) is 13.2 Å². The molecule has 4 aliphatic rings. The highest BCUT2D eigenvalue weighted by Gasteiger charge is 2.53. The van der Waals surface area contributed by atoms with E-state index >= 15 is 0 Å². The molecule has 0 amide bonds. The van der Waals surface area contributed by atoms with Crippen LogP contribution < -0.4 is 0 Å². The van der Waals surface area contributed by atoms with Crippen LogP contribution in [0.25, 0.3) is 4.13 Å². The Bertz CT molecular complexity index is 635. The summed E-state index contributed by atoms with van der Waals surface area (Å²) in [6.45, 7) is 0. The average Bonchev–Trinajstić information content (AvgIpc) is 2.20. The molecule has 4 bridgehead atoms. The van der Waals surface area contributed by atoms with E-state index in [9.17, 15) is 30.0 Å². The number of rotatable bonds is 4. The van der Waals surface area contributed by atoms with E-state index in [4.69, 9.17) is 4.18 Å². The zero-order valence-corrected chi connectivity index (χ0v) is 13.0. The maximum atomic E-state index is 12.3. The zero-order chi connectivity index (χ0) is 16.4. The topological polar surface area (TPSA) is 91.6 Å². The lowest BCUT2D eigenvalue weighted by Gasteiger charge is -2.56. The van der Waals surface area contributed by atoms with Crippen molar-refractivity contribution < 1.29 is 34.2 Å². The normalized spacial score (nSPS) is 38.4. The second-order valence-electron chi connectivity index (χ2n) is 6.61. The summed E-state index contributed by atoms with van der Waals surface area (Å²) < 4.78 is 88.9. The van der Waals surface area contributed by atoms with E-state index in [1.165, 1.54) is 0 Å². The average molecular weight is 362 g/mol. The molecule has 4 fully saturated rings. The molecule has 0 aromatic heterocycles. The monoisotopic (exact) mass is 362 g/mol. The number of halogens is 3. The molecule has 0 N–H and O–H groups in total. The lowest BCUT2D eigenvalue weighted by Crippen LogP contribution is -2.52. The molecule has 0 saturated heterocycles. The van der Waals surface area contributed by atoms with E-state index in [0.717, 1.165) is 19.3 Å². The van der Waals surface area contributed by atoms with Gasteiger partial charge in [-0.15, -0.1) is 0 Å². The minimum atomic E-state index is -6.13. The van der Waals surface area contributed by atoms with Gasteiger partial charge in [0.15, 0.2) is 10.0 Å². The molecule has 0 atom stereocenters. The molecule has 0 radical (unpaired) electrons. The summed E-state index contributed by atoms with van der Waals surface area (Å²) in [5.41, 5.74) is -6.84. The molecule has 4 aliphatic carbocycles. The van der Waals surface area contributed by atoms with Gasteiger partial charge in [-0.25, -0.2) is 16.8 Å². The van der Waals surface area contributed by atoms with Gasteiger partial charge in [0.2, 0.25) is 10.3 Å². The van der Waals surface area contributed by atoms with Crippen molar-refractivity contribution in [2.24, 2.45) is 17.8 Å². The lowest BCUT2D eigenvalue weighted by atomic mass is 9.54. The van der Waals surface area contributed by atoms with Gasteiger partial charge in [-0.1, -0.05) is 0 Å². The minimum Gasteiger partial charge on any atom is -0.404 e. The van der Waals surface area contributed by atoms with E-state index in [2.05, 4.69) is 0 Å². The number of alkyl halides is 3. The van der Waals surface area contributed by atoms with Crippen LogP contribution >= 0.6 is 0 Å². The quantitative estimate of drug-likeness (QED) is 0.766. The van der Waals surface area contributed by atoms with Crippen molar-refractivity contribution in [3.8, 4) is 0 Å². The Morgan fingerprint density at radius 3 is 1.68 bits per heavy atom. The van der Waals surface area contributed by atoms with Crippen LogP contribution in [0, 0.1) is 17.8 Å². The van der Waals surface area contributed by atoms with Gasteiger partial charge >= 0.3 is 5.51 Å². The fourth-order valence-corrected chi connectivity index (χ4v) is 6.61. The van der Waals surface area contributed by atoms with Crippen LogP contribution in [0.5, 0.6) is 0 Å². The van der Waals surface area contributed by atoms with Crippen molar-refractivity contribution >= 4 is 20.3 Å². The molecule has 0 aromatic rings. The Morgan fingerprint density at radius 1 is 0.909 bits per heavy atom. The summed E-state index contributed by atoms with van der Waals surface area (Å²) >= 11 is 0. The molecule has 4 saturated carbocycles. The van der Waals surface area contributed by atoms with Gasteiger partial charge in [0.1, 0.15) is 0 Å². The first-order valence-corrected chi connectivity index (χ1v) is 9.71. The number of hydrogen-bond donors (Lipinski definition) is 0. The van der Waals surface area contributed by atoms with Crippen LogP contribution in [0.3, 0.4) is 0 Å². The first-order chi connectivity index (χ1) is 9.90. The Hall–Kier alpha value is -0.390. The van der Waals surface area contributed by atoms with Crippen LogP contribution in [0.2, 0.25) is 0 Å². The van der Waals surface area contributed by atoms with E-state index in [0.29, 0.717) is 37.0 Å². The Morgan fingerprint density at radius 2 is 1.32 bits per heavy atom. The predicted molar refractivity (Wildman–Crippen MR) is 69.2 cm³/mol. The first kappa shape index (κ1) is 16.5. The summed E-state index contributed by atoms with van der Waals surface area (Å²) in [7, 11) is -11.3. The third kappa shape index (κ3) is 3.00. The number of hydrogen-bond acceptors (Lipinski definition) is 5. The van der Waals surface area contributed by atoms with Crippen LogP contribution in [0.1, 0.15) is 38.5 Å². The van der Waals surface area contributed by atoms with Gasteiger partial charge < -0.3 is 4.13 Å². The third-order valence-electron chi connectivity index (χ3n) is 4.75. The number of nitrogens with zero attached hydrogens (tertiary/aromatic N) is 1. The van der Waals surface area contributed by atoms with Gasteiger partial charge in [0.05, 0.1) is 5.60 Å². The highest BCUT2D eigenvalue weighted by atomic mass is 32.3. The van der Waals surface area contributed by atoms with E-state index in [-0.39, 0.29) is 0 Å². The summed E-state index contributed by atoms with van der Waals surface area (Å²) in [6.07, 6.45) is 4.21. The summed E-state index contributed by atoms with van der Waals surface area (Å²) in [6, 6.07) is 0. The van der Waals surface area contributed by atoms with Crippen molar-refractivity contribution in [1.29, 1.82) is 0 Å². The first-order valence-electron chi connectivity index (χ1n) is 6.91. The fraction of sp³-hybridized carbons (Fsp3) is 1.00. The molecule has 22 heavy (non-hydrogen) atoms. The lowest BCUT2D eigenvalue weighted by molar-refractivity contribution is -0.103. The maximum absolute atomic E-state index is 12.3. The fourth-order valence-electron chi connectivity index (χ4n) is 4.53. The zero-order valence-electron chi connectivity index (χ0n) is 11.4. The van der Waals surface area contributed by atoms with Crippen LogP contribution in [-0.4, -0.2) is 27.9 Å². The molecule has 128 valence electrons. The smallest absolute Gasteiger partial charge is 0.404 e. The van der Waals surface area contributed by atoms with Crippen LogP contribution in [0.15, 0.2) is 0 Å². The van der Waals surface area contributed by atoms with Gasteiger partial charge in [-0.05, 0) is 56.3 Å². The molecule has 0 spiro atoms. The van der Waals surface area contributed by atoms with Crippen LogP contribution in [-0.2, 0) is 24.5 Å². The predicted octanol–water partition coefficient (Wildman–Crippen LogP) is 2.44. The molecule has 0 aromatic carbocycles. The maximum Gasteiger partial charge on any atom is 0.480 e. The minimum absolute atomic E-state index is 0.292. The Labute approximate surface area is 126 Å². The second kappa shape index (κ2) is 4.81. The van der Waals surface area contributed by atoms with E-state index in [1.807, 2.05) is 4.13 Å². The molecular weight excluding hydrogens is 347 g/mol. The Kier molecular flexibility index (Phi) is 3.60. The third-order valence-corrected chi connectivity index (χ3v) is 7.41. The molecule has 11 heteroatoms. The van der Waals surface area contributed by atoms with Gasteiger partial charge in [0.25, 0.3) is 0 Å². The number of sulfonamides is 1. The molecule has 0 aliphatic heterocycles. The summed E-state index contributed by atoms with van der Waals surface area (Å²) in [4.78, 5) is 0. The van der Waals surface area contributed by atoms with E-state index < -0.39 is 31.4 Å².